The Kier molecular flexibility index (Phi) is 3.24. The number of aromatic hydroxyl groups is 1. The minimum atomic E-state index is -0.0767. The third-order valence-corrected chi connectivity index (χ3v) is 2.81. The van der Waals surface area contributed by atoms with Crippen LogP contribution in [0.4, 0.5) is 0 Å². The summed E-state index contributed by atoms with van der Waals surface area (Å²) in [5.74, 6) is 0.713. The number of phenolic OH excluding ortho intramolecular Hbond substituents is 1. The number of phenols is 1. The van der Waals surface area contributed by atoms with E-state index in [-0.39, 0.29) is 11.2 Å². The molecule has 0 atom stereocenters. The van der Waals surface area contributed by atoms with Gasteiger partial charge in [-0.15, -0.1) is 0 Å². The van der Waals surface area contributed by atoms with Crippen molar-refractivity contribution in [3.05, 3.63) is 51.4 Å². The normalized spacial score (nSPS) is 10.6. The zero-order chi connectivity index (χ0) is 13.3. The maximum Gasteiger partial charge on any atom is 0.192 e. The Hall–Kier alpha value is -2.03. The molecule has 3 nitrogen and oxygen atoms in total. The number of hydrogen-bond donors (Lipinski definition) is 1. The molecular weight excluding hydrogens is 228 g/mol. The Balaban J connectivity index is 2.74. The molecule has 0 spiro atoms. The summed E-state index contributed by atoms with van der Waals surface area (Å²) in [6.07, 6.45) is 2.55. The van der Waals surface area contributed by atoms with E-state index in [0.717, 1.165) is 5.57 Å². The van der Waals surface area contributed by atoms with Crippen LogP contribution in [0.5, 0.6) is 5.75 Å². The summed E-state index contributed by atoms with van der Waals surface area (Å²) in [5.41, 5.74) is 2.22. The first kappa shape index (κ1) is 12.4. The summed E-state index contributed by atoms with van der Waals surface area (Å²) >= 11 is 0. The average molecular weight is 244 g/mol. The van der Waals surface area contributed by atoms with E-state index in [9.17, 15) is 9.90 Å². The first-order valence-corrected chi connectivity index (χ1v) is 5.87. The predicted molar refractivity (Wildman–Crippen MR) is 72.0 cm³/mol. The monoisotopic (exact) mass is 244 g/mol. The third-order valence-electron chi connectivity index (χ3n) is 2.81. The van der Waals surface area contributed by atoms with Crippen molar-refractivity contribution < 1.29 is 9.52 Å². The number of rotatable bonds is 2. The molecule has 0 aliphatic heterocycles. The molecular formula is C15H16O3. The maximum atomic E-state index is 11.8. The highest BCUT2D eigenvalue weighted by Crippen LogP contribution is 2.27. The van der Waals surface area contributed by atoms with Crippen LogP contribution in [0.1, 0.15) is 25.2 Å². The van der Waals surface area contributed by atoms with Crippen molar-refractivity contribution in [2.24, 2.45) is 0 Å². The number of hydrogen-bond acceptors (Lipinski definition) is 3. The summed E-state index contributed by atoms with van der Waals surface area (Å²) < 4.78 is 5.60. The maximum absolute atomic E-state index is 11.8. The van der Waals surface area contributed by atoms with E-state index in [0.29, 0.717) is 28.7 Å². The van der Waals surface area contributed by atoms with E-state index in [2.05, 4.69) is 0 Å². The molecule has 1 heterocycles. The predicted octanol–water partition coefficient (Wildman–Crippen LogP) is 3.32. The van der Waals surface area contributed by atoms with Gasteiger partial charge in [0, 0.05) is 11.6 Å². The lowest BCUT2D eigenvalue weighted by Gasteiger charge is -2.07. The van der Waals surface area contributed by atoms with Gasteiger partial charge in [0.05, 0.1) is 5.39 Å². The second-order valence-corrected chi connectivity index (χ2v) is 4.65. The highest BCUT2D eigenvalue weighted by atomic mass is 16.3. The van der Waals surface area contributed by atoms with Gasteiger partial charge < -0.3 is 9.52 Å². The van der Waals surface area contributed by atoms with Crippen molar-refractivity contribution >= 4 is 11.0 Å². The fourth-order valence-electron chi connectivity index (χ4n) is 1.88. The molecule has 3 heteroatoms. The highest BCUT2D eigenvalue weighted by molar-refractivity contribution is 5.82. The number of aryl methyl sites for hydroxylation is 1. The van der Waals surface area contributed by atoms with E-state index in [4.69, 9.17) is 4.42 Å². The summed E-state index contributed by atoms with van der Waals surface area (Å²) in [6.45, 7) is 5.71. The van der Waals surface area contributed by atoms with Crippen LogP contribution >= 0.6 is 0 Å². The molecule has 0 saturated carbocycles. The molecule has 1 aromatic heterocycles. The second-order valence-electron chi connectivity index (χ2n) is 4.65. The fourth-order valence-corrected chi connectivity index (χ4v) is 1.88. The second kappa shape index (κ2) is 4.69. The first-order valence-electron chi connectivity index (χ1n) is 5.87. The Bertz CT molecular complexity index is 674. The van der Waals surface area contributed by atoms with E-state index in [1.807, 2.05) is 19.9 Å². The number of benzene rings is 1. The summed E-state index contributed by atoms with van der Waals surface area (Å²) in [6, 6.07) is 4.61. The zero-order valence-electron chi connectivity index (χ0n) is 10.8. The summed E-state index contributed by atoms with van der Waals surface area (Å²) in [7, 11) is 0. The Morgan fingerprint density at radius 3 is 2.78 bits per heavy atom. The molecule has 18 heavy (non-hydrogen) atoms. The average Bonchev–Trinajstić information content (AvgIpc) is 2.26. The highest BCUT2D eigenvalue weighted by Gasteiger charge is 2.11. The lowest BCUT2D eigenvalue weighted by molar-refractivity contribution is 0.467. The zero-order valence-corrected chi connectivity index (χ0v) is 10.8. The molecule has 0 radical (unpaired) electrons. The molecule has 2 aromatic rings. The van der Waals surface area contributed by atoms with Gasteiger partial charge in [-0.05, 0) is 39.3 Å². The minimum Gasteiger partial charge on any atom is -0.508 e. The molecule has 0 saturated heterocycles. The van der Waals surface area contributed by atoms with Crippen LogP contribution in [-0.2, 0) is 6.42 Å². The topological polar surface area (TPSA) is 50.4 Å². The quantitative estimate of drug-likeness (QED) is 0.824. The number of fused-ring (bicyclic) bond motifs is 1. The SMILES string of the molecule is CC(C)=CCc1c(O)ccc2c(=O)cc(C)oc12. The fraction of sp³-hybridized carbons (Fsp3) is 0.267. The molecule has 0 bridgehead atoms. The van der Waals surface area contributed by atoms with Crippen LogP contribution in [0.2, 0.25) is 0 Å². The molecule has 0 aliphatic rings. The summed E-state index contributed by atoms with van der Waals surface area (Å²) in [5, 5.41) is 10.4. The molecule has 1 aromatic carbocycles. The van der Waals surface area contributed by atoms with Gasteiger partial charge in [0.2, 0.25) is 0 Å². The molecule has 94 valence electrons. The Labute approximate surface area is 105 Å². The van der Waals surface area contributed by atoms with Crippen molar-refractivity contribution in [3.8, 4) is 5.75 Å². The van der Waals surface area contributed by atoms with Gasteiger partial charge in [-0.2, -0.15) is 0 Å². The third kappa shape index (κ3) is 2.30. The van der Waals surface area contributed by atoms with Crippen LogP contribution in [-0.4, -0.2) is 5.11 Å². The van der Waals surface area contributed by atoms with Crippen molar-refractivity contribution in [1.82, 2.24) is 0 Å². The van der Waals surface area contributed by atoms with Gasteiger partial charge in [0.15, 0.2) is 5.43 Å². The Morgan fingerprint density at radius 2 is 2.11 bits per heavy atom. The van der Waals surface area contributed by atoms with E-state index < -0.39 is 0 Å². The van der Waals surface area contributed by atoms with Gasteiger partial charge in [-0.3, -0.25) is 4.79 Å². The van der Waals surface area contributed by atoms with Gasteiger partial charge in [0.25, 0.3) is 0 Å². The van der Waals surface area contributed by atoms with Crippen molar-refractivity contribution in [1.29, 1.82) is 0 Å². The molecule has 0 amide bonds. The molecule has 0 fully saturated rings. The van der Waals surface area contributed by atoms with Crippen LogP contribution < -0.4 is 5.43 Å². The molecule has 0 aliphatic carbocycles. The van der Waals surface area contributed by atoms with E-state index in [1.54, 1.807) is 19.1 Å². The van der Waals surface area contributed by atoms with E-state index >= 15 is 0 Å². The summed E-state index contributed by atoms with van der Waals surface area (Å²) in [4.78, 5) is 11.8. The van der Waals surface area contributed by atoms with Crippen LogP contribution in [0.15, 0.2) is 39.1 Å². The van der Waals surface area contributed by atoms with Crippen molar-refractivity contribution in [2.45, 2.75) is 27.2 Å². The largest absolute Gasteiger partial charge is 0.508 e. The van der Waals surface area contributed by atoms with E-state index in [1.165, 1.54) is 6.07 Å². The lowest BCUT2D eigenvalue weighted by Crippen LogP contribution is -2.02. The Morgan fingerprint density at radius 1 is 1.39 bits per heavy atom. The van der Waals surface area contributed by atoms with Gasteiger partial charge in [0.1, 0.15) is 17.1 Å². The van der Waals surface area contributed by atoms with Crippen LogP contribution in [0.3, 0.4) is 0 Å². The lowest BCUT2D eigenvalue weighted by atomic mass is 10.0. The molecule has 0 unspecified atom stereocenters. The van der Waals surface area contributed by atoms with Gasteiger partial charge in [-0.1, -0.05) is 11.6 Å². The minimum absolute atomic E-state index is 0.0767. The van der Waals surface area contributed by atoms with Crippen molar-refractivity contribution in [2.75, 3.05) is 0 Å². The standard InChI is InChI=1S/C15H16O3/c1-9(2)4-5-11-13(16)7-6-12-14(17)8-10(3)18-15(11)12/h4,6-8,16H,5H2,1-3H3. The smallest absolute Gasteiger partial charge is 0.192 e. The van der Waals surface area contributed by atoms with Crippen molar-refractivity contribution in [3.63, 3.8) is 0 Å². The van der Waals surface area contributed by atoms with Crippen LogP contribution in [0.25, 0.3) is 11.0 Å². The van der Waals surface area contributed by atoms with Gasteiger partial charge >= 0.3 is 0 Å². The molecule has 2 rings (SSSR count). The van der Waals surface area contributed by atoms with Gasteiger partial charge in [-0.25, -0.2) is 0 Å². The first-order chi connectivity index (χ1) is 8.49. The molecule has 1 N–H and O–H groups in total. The number of allylic oxidation sites excluding steroid dienone is 2. The van der Waals surface area contributed by atoms with Crippen LogP contribution in [0, 0.1) is 6.92 Å².